The Morgan fingerprint density at radius 2 is 1.88 bits per heavy atom. The quantitative estimate of drug-likeness (QED) is 0.565. The summed E-state index contributed by atoms with van der Waals surface area (Å²) in [6, 6.07) is 5.70. The van der Waals surface area contributed by atoms with E-state index in [1.807, 2.05) is 6.92 Å². The first-order chi connectivity index (χ1) is 11.8. The van der Waals surface area contributed by atoms with E-state index in [0.717, 1.165) is 10.4 Å². The van der Waals surface area contributed by atoms with Crippen molar-refractivity contribution in [3.8, 4) is 0 Å². The van der Waals surface area contributed by atoms with Gasteiger partial charge in [-0.3, -0.25) is 14.9 Å². The van der Waals surface area contributed by atoms with Crippen LogP contribution in [0.2, 0.25) is 0 Å². The molecule has 0 unspecified atom stereocenters. The van der Waals surface area contributed by atoms with E-state index in [1.54, 1.807) is 19.1 Å². The molecule has 25 heavy (non-hydrogen) atoms. The minimum Gasteiger partial charge on any atom is -0.365 e. The van der Waals surface area contributed by atoms with Gasteiger partial charge in [-0.25, -0.2) is 4.39 Å². The SMILES string of the molecule is Cc1sc(NC(=S)NC(=O)C=Cc2ccc(F)cc2)c(C(N)=O)c1C. The summed E-state index contributed by atoms with van der Waals surface area (Å²) in [5.74, 6) is -1.36. The number of thiocarbonyl (C=S) groups is 1. The van der Waals surface area contributed by atoms with Crippen molar-refractivity contribution < 1.29 is 14.0 Å². The van der Waals surface area contributed by atoms with Crippen LogP contribution in [0.3, 0.4) is 0 Å². The fourth-order valence-corrected chi connectivity index (χ4v) is 3.38. The molecule has 1 heterocycles. The highest BCUT2D eigenvalue weighted by Crippen LogP contribution is 2.31. The molecule has 2 aromatic rings. The van der Waals surface area contributed by atoms with Gasteiger partial charge in [-0.05, 0) is 55.4 Å². The van der Waals surface area contributed by atoms with E-state index in [0.29, 0.717) is 16.1 Å². The lowest BCUT2D eigenvalue weighted by Crippen LogP contribution is -2.33. The van der Waals surface area contributed by atoms with Gasteiger partial charge in [0, 0.05) is 11.0 Å². The molecular weight excluding hydrogens is 361 g/mol. The highest BCUT2D eigenvalue weighted by Gasteiger charge is 2.18. The maximum absolute atomic E-state index is 12.8. The van der Waals surface area contributed by atoms with Gasteiger partial charge in [0.15, 0.2) is 5.11 Å². The summed E-state index contributed by atoms with van der Waals surface area (Å²) in [5.41, 5.74) is 7.21. The zero-order chi connectivity index (χ0) is 18.6. The van der Waals surface area contributed by atoms with Gasteiger partial charge in [-0.15, -0.1) is 11.3 Å². The molecule has 0 spiro atoms. The molecule has 2 amide bonds. The Kier molecular flexibility index (Phi) is 6.00. The van der Waals surface area contributed by atoms with Crippen molar-refractivity contribution in [1.29, 1.82) is 0 Å². The van der Waals surface area contributed by atoms with Crippen LogP contribution in [-0.2, 0) is 4.79 Å². The second kappa shape index (κ2) is 8.00. The third-order valence-corrected chi connectivity index (χ3v) is 4.72. The first kappa shape index (κ1) is 18.8. The van der Waals surface area contributed by atoms with E-state index in [4.69, 9.17) is 18.0 Å². The van der Waals surface area contributed by atoms with Gasteiger partial charge in [0.25, 0.3) is 5.91 Å². The standard InChI is InChI=1S/C17H16FN3O2S2/c1-9-10(2)25-16(14(9)15(19)23)21-17(24)20-13(22)8-5-11-3-6-12(18)7-4-11/h3-8H,1-2H3,(H2,19,23)(H2,20,21,22,24). The van der Waals surface area contributed by atoms with E-state index in [-0.39, 0.29) is 10.9 Å². The predicted molar refractivity (Wildman–Crippen MR) is 102 cm³/mol. The maximum Gasteiger partial charge on any atom is 0.251 e. The Bertz CT molecular complexity index is 858. The van der Waals surface area contributed by atoms with Crippen LogP contribution in [0, 0.1) is 19.7 Å². The molecular formula is C17H16FN3O2S2. The van der Waals surface area contributed by atoms with Crippen LogP contribution in [-0.4, -0.2) is 16.9 Å². The van der Waals surface area contributed by atoms with Gasteiger partial charge in [0.2, 0.25) is 5.91 Å². The molecule has 0 bridgehead atoms. The van der Waals surface area contributed by atoms with Crippen molar-refractivity contribution in [2.45, 2.75) is 13.8 Å². The molecule has 0 saturated carbocycles. The van der Waals surface area contributed by atoms with Crippen molar-refractivity contribution >= 4 is 51.6 Å². The third kappa shape index (κ3) is 4.94. The van der Waals surface area contributed by atoms with Crippen molar-refractivity contribution in [2.24, 2.45) is 5.73 Å². The van der Waals surface area contributed by atoms with Crippen LogP contribution in [0.5, 0.6) is 0 Å². The molecule has 0 aliphatic carbocycles. The van der Waals surface area contributed by atoms with E-state index in [2.05, 4.69) is 10.6 Å². The van der Waals surface area contributed by atoms with Crippen LogP contribution in [0.15, 0.2) is 30.3 Å². The highest BCUT2D eigenvalue weighted by molar-refractivity contribution is 7.80. The van der Waals surface area contributed by atoms with E-state index >= 15 is 0 Å². The van der Waals surface area contributed by atoms with Crippen molar-refractivity contribution in [3.05, 3.63) is 57.7 Å². The first-order valence-electron chi connectivity index (χ1n) is 7.23. The lowest BCUT2D eigenvalue weighted by Gasteiger charge is -2.07. The fraction of sp³-hybridized carbons (Fsp3) is 0.118. The molecule has 0 aliphatic heterocycles. The summed E-state index contributed by atoms with van der Waals surface area (Å²) >= 11 is 6.42. The van der Waals surface area contributed by atoms with Crippen LogP contribution in [0.4, 0.5) is 9.39 Å². The number of aryl methyl sites for hydroxylation is 1. The molecule has 2 rings (SSSR count). The van der Waals surface area contributed by atoms with Gasteiger partial charge in [-0.2, -0.15) is 0 Å². The number of hydrogen-bond acceptors (Lipinski definition) is 4. The minimum absolute atomic E-state index is 0.0532. The van der Waals surface area contributed by atoms with Crippen LogP contribution in [0.1, 0.15) is 26.4 Å². The number of carbonyl (C=O) groups is 2. The topological polar surface area (TPSA) is 84.2 Å². The number of amides is 2. The fourth-order valence-electron chi connectivity index (χ4n) is 2.05. The lowest BCUT2D eigenvalue weighted by molar-refractivity contribution is -0.115. The number of nitrogens with two attached hydrogens (primary N) is 1. The van der Waals surface area contributed by atoms with Gasteiger partial charge < -0.3 is 11.1 Å². The molecule has 5 nitrogen and oxygen atoms in total. The average molecular weight is 377 g/mol. The zero-order valence-corrected chi connectivity index (χ0v) is 15.2. The van der Waals surface area contributed by atoms with Crippen LogP contribution < -0.4 is 16.4 Å². The number of primary amides is 1. The second-order valence-electron chi connectivity index (χ2n) is 5.18. The molecule has 4 N–H and O–H groups in total. The van der Waals surface area contributed by atoms with Crippen molar-refractivity contribution in [1.82, 2.24) is 5.32 Å². The number of carbonyl (C=O) groups excluding carboxylic acids is 2. The van der Waals surface area contributed by atoms with E-state index < -0.39 is 11.8 Å². The monoisotopic (exact) mass is 377 g/mol. The maximum atomic E-state index is 12.8. The van der Waals surface area contributed by atoms with Crippen LogP contribution in [0.25, 0.3) is 6.08 Å². The number of hydrogen-bond donors (Lipinski definition) is 3. The number of benzene rings is 1. The molecule has 0 saturated heterocycles. The van der Waals surface area contributed by atoms with Gasteiger partial charge in [0.05, 0.1) is 5.56 Å². The normalized spacial score (nSPS) is 10.7. The molecule has 8 heteroatoms. The summed E-state index contributed by atoms with van der Waals surface area (Å²) in [6.07, 6.45) is 2.81. The molecule has 130 valence electrons. The number of thiophene rings is 1. The number of anilines is 1. The van der Waals surface area contributed by atoms with Crippen molar-refractivity contribution in [2.75, 3.05) is 5.32 Å². The average Bonchev–Trinajstić information content (AvgIpc) is 2.80. The van der Waals surface area contributed by atoms with E-state index in [9.17, 15) is 14.0 Å². The Labute approximate surface area is 153 Å². The Morgan fingerprint density at radius 1 is 1.24 bits per heavy atom. The molecule has 0 fully saturated rings. The number of rotatable bonds is 4. The second-order valence-corrected chi connectivity index (χ2v) is 6.81. The molecule has 0 radical (unpaired) electrons. The van der Waals surface area contributed by atoms with Gasteiger partial charge in [0.1, 0.15) is 10.8 Å². The van der Waals surface area contributed by atoms with Crippen molar-refractivity contribution in [3.63, 3.8) is 0 Å². The summed E-state index contributed by atoms with van der Waals surface area (Å²) < 4.78 is 12.8. The molecule has 1 aromatic carbocycles. The Balaban J connectivity index is 2.00. The number of nitrogens with one attached hydrogen (secondary N) is 2. The largest absolute Gasteiger partial charge is 0.365 e. The molecule has 0 aliphatic rings. The predicted octanol–water partition coefficient (Wildman–Crippen LogP) is 3.13. The summed E-state index contributed by atoms with van der Waals surface area (Å²) in [7, 11) is 0. The van der Waals surface area contributed by atoms with Gasteiger partial charge >= 0.3 is 0 Å². The molecule has 0 atom stereocenters. The highest BCUT2D eigenvalue weighted by atomic mass is 32.1. The number of halogens is 1. The van der Waals surface area contributed by atoms with E-state index in [1.165, 1.54) is 35.6 Å². The first-order valence-corrected chi connectivity index (χ1v) is 8.46. The summed E-state index contributed by atoms with van der Waals surface area (Å²) in [5, 5.41) is 5.85. The lowest BCUT2D eigenvalue weighted by atomic mass is 10.1. The minimum atomic E-state index is -0.560. The van der Waals surface area contributed by atoms with Crippen LogP contribution >= 0.6 is 23.6 Å². The molecule has 1 aromatic heterocycles. The Hall–Kier alpha value is -2.58. The summed E-state index contributed by atoms with van der Waals surface area (Å²) in [4.78, 5) is 24.4. The smallest absolute Gasteiger partial charge is 0.251 e. The summed E-state index contributed by atoms with van der Waals surface area (Å²) in [6.45, 7) is 3.66. The Morgan fingerprint density at radius 3 is 2.48 bits per heavy atom. The third-order valence-electron chi connectivity index (χ3n) is 3.39. The zero-order valence-electron chi connectivity index (χ0n) is 13.6. The van der Waals surface area contributed by atoms with Gasteiger partial charge in [-0.1, -0.05) is 12.1 Å².